The Labute approximate surface area is 176 Å². The van der Waals surface area contributed by atoms with Gasteiger partial charge in [0.25, 0.3) is 0 Å². The first-order valence-electron chi connectivity index (χ1n) is 11.0. The number of para-hydroxylation sites is 1. The maximum atomic E-state index is 12.1. The fourth-order valence-electron chi connectivity index (χ4n) is 3.52. The molecular formula is C23H38N4O2. The molecule has 0 radical (unpaired) electrons. The van der Waals surface area contributed by atoms with Gasteiger partial charge < -0.3 is 20.3 Å². The first-order valence-corrected chi connectivity index (χ1v) is 11.0. The number of nitrogens with one attached hydrogen (secondary N) is 2. The maximum Gasteiger partial charge on any atom is 0.225 e. The number of carbonyl (C=O) groups excluding carboxylic acids is 1. The van der Waals surface area contributed by atoms with Crippen LogP contribution in [0.25, 0.3) is 0 Å². The normalized spacial score (nSPS) is 15.7. The van der Waals surface area contributed by atoms with Gasteiger partial charge in [0, 0.05) is 31.6 Å². The van der Waals surface area contributed by atoms with E-state index in [1.807, 2.05) is 36.9 Å². The van der Waals surface area contributed by atoms with Crippen molar-refractivity contribution in [2.75, 3.05) is 32.8 Å². The number of amides is 1. The van der Waals surface area contributed by atoms with E-state index in [4.69, 9.17) is 4.74 Å². The zero-order valence-corrected chi connectivity index (χ0v) is 18.7. The largest absolute Gasteiger partial charge is 0.491 e. The van der Waals surface area contributed by atoms with E-state index in [9.17, 15) is 4.79 Å². The molecule has 29 heavy (non-hydrogen) atoms. The summed E-state index contributed by atoms with van der Waals surface area (Å²) in [7, 11) is 0. The molecule has 6 heteroatoms. The highest BCUT2D eigenvalue weighted by atomic mass is 16.5. The number of carbonyl (C=O) groups is 1. The second kappa shape index (κ2) is 11.7. The van der Waals surface area contributed by atoms with Crippen LogP contribution < -0.4 is 15.4 Å². The predicted molar refractivity (Wildman–Crippen MR) is 120 cm³/mol. The number of benzene rings is 1. The molecule has 162 valence electrons. The molecule has 1 saturated heterocycles. The molecule has 2 N–H and O–H groups in total. The topological polar surface area (TPSA) is 66.0 Å². The second-order valence-electron chi connectivity index (χ2n) is 8.20. The van der Waals surface area contributed by atoms with Crippen molar-refractivity contribution in [2.45, 2.75) is 59.4 Å². The van der Waals surface area contributed by atoms with E-state index < -0.39 is 0 Å². The predicted octanol–water partition coefficient (Wildman–Crippen LogP) is 3.39. The van der Waals surface area contributed by atoms with Gasteiger partial charge in [-0.1, -0.05) is 45.9 Å². The van der Waals surface area contributed by atoms with Crippen molar-refractivity contribution in [1.82, 2.24) is 15.5 Å². The lowest BCUT2D eigenvalue weighted by Crippen LogP contribution is -2.50. The highest BCUT2D eigenvalue weighted by molar-refractivity contribution is 5.80. The summed E-state index contributed by atoms with van der Waals surface area (Å²) in [5, 5.41) is 6.83. The molecule has 1 fully saturated rings. The molecule has 2 rings (SSSR count). The zero-order chi connectivity index (χ0) is 21.2. The van der Waals surface area contributed by atoms with E-state index in [-0.39, 0.29) is 11.8 Å². The van der Waals surface area contributed by atoms with E-state index in [2.05, 4.69) is 42.5 Å². The Morgan fingerprint density at radius 2 is 1.90 bits per heavy atom. The van der Waals surface area contributed by atoms with Gasteiger partial charge in [-0.15, -0.1) is 0 Å². The average Bonchev–Trinajstić information content (AvgIpc) is 2.71. The minimum absolute atomic E-state index is 0.0687. The number of hydrogen-bond acceptors (Lipinski definition) is 3. The van der Waals surface area contributed by atoms with E-state index in [0.29, 0.717) is 25.1 Å². The van der Waals surface area contributed by atoms with Gasteiger partial charge in [-0.2, -0.15) is 0 Å². The van der Waals surface area contributed by atoms with Gasteiger partial charge in [-0.05, 0) is 37.3 Å². The summed E-state index contributed by atoms with van der Waals surface area (Å²) in [6.45, 7) is 13.9. The van der Waals surface area contributed by atoms with Crippen LogP contribution in [-0.4, -0.2) is 55.6 Å². The van der Waals surface area contributed by atoms with Crippen molar-refractivity contribution < 1.29 is 9.53 Å². The van der Waals surface area contributed by atoms with Gasteiger partial charge in [0.15, 0.2) is 5.96 Å². The smallest absolute Gasteiger partial charge is 0.225 e. The van der Waals surface area contributed by atoms with Gasteiger partial charge in [0.2, 0.25) is 5.91 Å². The number of guanidine groups is 1. The first-order chi connectivity index (χ1) is 13.9. The van der Waals surface area contributed by atoms with Gasteiger partial charge >= 0.3 is 0 Å². The maximum absolute atomic E-state index is 12.1. The molecule has 0 bridgehead atoms. The lowest BCUT2D eigenvalue weighted by molar-refractivity contribution is -0.135. The Hall–Kier alpha value is -2.24. The summed E-state index contributed by atoms with van der Waals surface area (Å²) < 4.78 is 5.97. The Kier molecular flexibility index (Phi) is 9.29. The molecule has 0 aliphatic carbocycles. The van der Waals surface area contributed by atoms with Crippen LogP contribution in [0.3, 0.4) is 0 Å². The Morgan fingerprint density at radius 3 is 2.52 bits per heavy atom. The van der Waals surface area contributed by atoms with Gasteiger partial charge in [-0.3, -0.25) is 4.79 Å². The third kappa shape index (κ3) is 7.26. The SMILES string of the molecule is CCNC(=NCCOc1ccccc1C(C)C)NC1CCN(C(=O)C(C)C)CC1. The molecule has 0 atom stereocenters. The fourth-order valence-corrected chi connectivity index (χ4v) is 3.52. The molecule has 1 aliphatic heterocycles. The number of ether oxygens (including phenoxy) is 1. The van der Waals surface area contributed by atoms with Gasteiger partial charge in [0.1, 0.15) is 12.4 Å². The minimum atomic E-state index is 0.0687. The van der Waals surface area contributed by atoms with E-state index in [1.54, 1.807) is 0 Å². The summed E-state index contributed by atoms with van der Waals surface area (Å²) in [4.78, 5) is 18.8. The van der Waals surface area contributed by atoms with Crippen LogP contribution in [0.15, 0.2) is 29.3 Å². The summed E-state index contributed by atoms with van der Waals surface area (Å²) in [6, 6.07) is 8.53. The molecule has 0 saturated carbocycles. The van der Waals surface area contributed by atoms with Crippen LogP contribution in [0.4, 0.5) is 0 Å². The van der Waals surface area contributed by atoms with Crippen LogP contribution in [0, 0.1) is 5.92 Å². The third-order valence-corrected chi connectivity index (χ3v) is 5.15. The molecular weight excluding hydrogens is 364 g/mol. The molecule has 1 aliphatic rings. The van der Waals surface area contributed by atoms with Crippen molar-refractivity contribution in [1.29, 1.82) is 0 Å². The van der Waals surface area contributed by atoms with E-state index in [1.165, 1.54) is 5.56 Å². The molecule has 0 unspecified atom stereocenters. The Morgan fingerprint density at radius 1 is 1.21 bits per heavy atom. The van der Waals surface area contributed by atoms with E-state index in [0.717, 1.165) is 44.2 Å². The molecule has 0 aromatic heterocycles. The second-order valence-corrected chi connectivity index (χ2v) is 8.20. The monoisotopic (exact) mass is 402 g/mol. The highest BCUT2D eigenvalue weighted by Crippen LogP contribution is 2.25. The Bertz CT molecular complexity index is 665. The van der Waals surface area contributed by atoms with Crippen molar-refractivity contribution in [3.63, 3.8) is 0 Å². The van der Waals surface area contributed by atoms with E-state index >= 15 is 0 Å². The van der Waals surface area contributed by atoms with Crippen LogP contribution in [0.2, 0.25) is 0 Å². The molecule has 1 amide bonds. The number of aliphatic imine (C=N–C) groups is 1. The minimum Gasteiger partial charge on any atom is -0.491 e. The fraction of sp³-hybridized carbons (Fsp3) is 0.652. The average molecular weight is 403 g/mol. The highest BCUT2D eigenvalue weighted by Gasteiger charge is 2.24. The zero-order valence-electron chi connectivity index (χ0n) is 18.7. The van der Waals surface area contributed by atoms with Crippen LogP contribution in [-0.2, 0) is 4.79 Å². The van der Waals surface area contributed by atoms with Crippen molar-refractivity contribution in [3.05, 3.63) is 29.8 Å². The van der Waals surface area contributed by atoms with Crippen LogP contribution >= 0.6 is 0 Å². The van der Waals surface area contributed by atoms with Crippen molar-refractivity contribution in [3.8, 4) is 5.75 Å². The van der Waals surface area contributed by atoms with Crippen LogP contribution in [0.5, 0.6) is 5.75 Å². The summed E-state index contributed by atoms with van der Waals surface area (Å²) in [5.74, 6) is 2.52. The lowest BCUT2D eigenvalue weighted by Gasteiger charge is -2.34. The molecule has 1 heterocycles. The van der Waals surface area contributed by atoms with Gasteiger partial charge in [0.05, 0.1) is 6.54 Å². The van der Waals surface area contributed by atoms with Gasteiger partial charge in [-0.25, -0.2) is 4.99 Å². The molecule has 1 aromatic rings. The number of hydrogen-bond donors (Lipinski definition) is 2. The van der Waals surface area contributed by atoms with Crippen LogP contribution in [0.1, 0.15) is 58.9 Å². The Balaban J connectivity index is 1.82. The number of rotatable bonds is 8. The number of likely N-dealkylation sites (tertiary alicyclic amines) is 1. The quantitative estimate of drug-likeness (QED) is 0.397. The number of nitrogens with zero attached hydrogens (tertiary/aromatic N) is 2. The molecule has 6 nitrogen and oxygen atoms in total. The lowest BCUT2D eigenvalue weighted by atomic mass is 10.0. The summed E-state index contributed by atoms with van der Waals surface area (Å²) in [6.07, 6.45) is 1.89. The first kappa shape index (κ1) is 23.0. The summed E-state index contributed by atoms with van der Waals surface area (Å²) >= 11 is 0. The molecule has 1 aromatic carbocycles. The standard InChI is InChI=1S/C23H38N4O2/c1-6-24-23(26-19-11-14-27(15-12-19)22(28)18(4)5)25-13-16-29-21-10-8-7-9-20(21)17(2)3/h7-10,17-19H,6,11-16H2,1-5H3,(H2,24,25,26). The molecule has 0 spiro atoms. The van der Waals surface area contributed by atoms with Crippen molar-refractivity contribution in [2.24, 2.45) is 10.9 Å². The summed E-state index contributed by atoms with van der Waals surface area (Å²) in [5.41, 5.74) is 1.23. The number of piperidine rings is 1. The third-order valence-electron chi connectivity index (χ3n) is 5.15. The van der Waals surface area contributed by atoms with Crippen molar-refractivity contribution >= 4 is 11.9 Å².